The van der Waals surface area contributed by atoms with Gasteiger partial charge in [-0.1, -0.05) is 36.4 Å². The van der Waals surface area contributed by atoms with Crippen LogP contribution in [-0.2, 0) is 18.9 Å². The largest absolute Gasteiger partial charge is 0.494 e. The van der Waals surface area contributed by atoms with Crippen LogP contribution in [0.25, 0.3) is 10.8 Å². The van der Waals surface area contributed by atoms with Crippen LogP contribution in [0.1, 0.15) is 30.5 Å². The summed E-state index contributed by atoms with van der Waals surface area (Å²) >= 11 is 0. The molecule has 1 aliphatic heterocycles. The number of carbonyl (C=O) groups excluding carboxylic acids is 1. The number of amides is 1. The first kappa shape index (κ1) is 18.7. The predicted octanol–water partition coefficient (Wildman–Crippen LogP) is 1.64. The number of hydrogen-bond donors (Lipinski definition) is 1. The Kier molecular flexibility index (Phi) is 4.34. The van der Waals surface area contributed by atoms with Gasteiger partial charge in [-0.3, -0.25) is 18.7 Å². The fraction of sp³-hybridized carbons (Fsp3) is 0.238. The lowest BCUT2D eigenvalue weighted by atomic mass is 9.97. The van der Waals surface area contributed by atoms with Crippen molar-refractivity contribution in [2.45, 2.75) is 19.4 Å². The minimum Gasteiger partial charge on any atom is -0.494 e. The van der Waals surface area contributed by atoms with Crippen molar-refractivity contribution in [1.82, 2.24) is 14.1 Å². The lowest BCUT2D eigenvalue weighted by molar-refractivity contribution is -0.130. The van der Waals surface area contributed by atoms with Gasteiger partial charge in [0.1, 0.15) is 5.56 Å². The molecule has 29 heavy (non-hydrogen) atoms. The summed E-state index contributed by atoms with van der Waals surface area (Å²) in [5, 5.41) is 18.2. The van der Waals surface area contributed by atoms with Gasteiger partial charge in [-0.25, -0.2) is 9.80 Å². The molecule has 1 aliphatic rings. The van der Waals surface area contributed by atoms with E-state index in [4.69, 9.17) is 0 Å². The standard InChI is InChI=1S/C21H20N4O4/c1-12(26)25-17(15-9-8-13-6-4-5-7-14(13)10-15)11-16(22-25)18-19(27)23(2)21(29)24(3)20(18)28/h4-10,17,27H,11H2,1-3H3. The quantitative estimate of drug-likeness (QED) is 0.717. The minimum atomic E-state index is -0.646. The smallest absolute Gasteiger partial charge is 0.333 e. The van der Waals surface area contributed by atoms with Gasteiger partial charge in [-0.2, -0.15) is 5.10 Å². The number of rotatable bonds is 2. The Morgan fingerprint density at radius 2 is 1.76 bits per heavy atom. The summed E-state index contributed by atoms with van der Waals surface area (Å²) in [6, 6.07) is 13.4. The van der Waals surface area contributed by atoms with Crippen molar-refractivity contribution in [2.75, 3.05) is 0 Å². The van der Waals surface area contributed by atoms with Crippen LogP contribution in [0.4, 0.5) is 0 Å². The van der Waals surface area contributed by atoms with Crippen molar-refractivity contribution in [3.05, 3.63) is 74.4 Å². The van der Waals surface area contributed by atoms with E-state index in [1.165, 1.54) is 26.0 Å². The third kappa shape index (κ3) is 2.93. The molecule has 0 spiro atoms. The monoisotopic (exact) mass is 392 g/mol. The lowest BCUT2D eigenvalue weighted by Gasteiger charge is -2.20. The van der Waals surface area contributed by atoms with Gasteiger partial charge in [-0.05, 0) is 22.4 Å². The molecule has 1 unspecified atom stereocenters. The van der Waals surface area contributed by atoms with E-state index in [2.05, 4.69) is 5.10 Å². The summed E-state index contributed by atoms with van der Waals surface area (Å²) in [5.74, 6) is -0.737. The van der Waals surface area contributed by atoms with E-state index in [9.17, 15) is 19.5 Å². The van der Waals surface area contributed by atoms with E-state index in [1.807, 2.05) is 42.5 Å². The van der Waals surface area contributed by atoms with Gasteiger partial charge in [0.25, 0.3) is 5.56 Å². The van der Waals surface area contributed by atoms with Gasteiger partial charge >= 0.3 is 5.69 Å². The lowest BCUT2D eigenvalue weighted by Crippen LogP contribution is -2.39. The zero-order chi connectivity index (χ0) is 20.9. The first-order chi connectivity index (χ1) is 13.8. The number of carbonyl (C=O) groups is 1. The van der Waals surface area contributed by atoms with Crippen LogP contribution in [0, 0.1) is 0 Å². The molecule has 4 rings (SSSR count). The fourth-order valence-corrected chi connectivity index (χ4v) is 3.71. The SMILES string of the molecule is CC(=O)N1N=C(c2c(O)n(C)c(=O)n(C)c2=O)CC1c1ccc2ccccc2c1. The summed E-state index contributed by atoms with van der Waals surface area (Å²) in [6.07, 6.45) is 0.249. The highest BCUT2D eigenvalue weighted by molar-refractivity contribution is 6.04. The van der Waals surface area contributed by atoms with E-state index in [0.29, 0.717) is 0 Å². The zero-order valence-electron chi connectivity index (χ0n) is 16.3. The topological polar surface area (TPSA) is 96.9 Å². The molecular weight excluding hydrogens is 372 g/mol. The maximum absolute atomic E-state index is 12.6. The molecule has 2 heterocycles. The Bertz CT molecular complexity index is 1300. The number of aromatic nitrogens is 2. The van der Waals surface area contributed by atoms with E-state index in [0.717, 1.165) is 25.5 Å². The van der Waals surface area contributed by atoms with E-state index < -0.39 is 23.2 Å². The first-order valence-corrected chi connectivity index (χ1v) is 9.15. The molecule has 1 amide bonds. The molecule has 0 fully saturated rings. The molecule has 0 aliphatic carbocycles. The van der Waals surface area contributed by atoms with Crippen molar-refractivity contribution >= 4 is 22.4 Å². The van der Waals surface area contributed by atoms with Crippen LogP contribution in [0.3, 0.4) is 0 Å². The van der Waals surface area contributed by atoms with Crippen LogP contribution in [-0.4, -0.2) is 30.9 Å². The number of aromatic hydroxyl groups is 1. The Hall–Kier alpha value is -3.68. The van der Waals surface area contributed by atoms with Crippen LogP contribution in [0.2, 0.25) is 0 Å². The number of benzene rings is 2. The second kappa shape index (κ2) is 6.73. The van der Waals surface area contributed by atoms with Gasteiger partial charge in [0, 0.05) is 27.4 Å². The average Bonchev–Trinajstić information content (AvgIpc) is 3.16. The number of hydrazone groups is 1. The van der Waals surface area contributed by atoms with Crippen LogP contribution in [0.15, 0.2) is 57.2 Å². The molecule has 0 bridgehead atoms. The fourth-order valence-electron chi connectivity index (χ4n) is 3.71. The third-order valence-electron chi connectivity index (χ3n) is 5.31. The maximum Gasteiger partial charge on any atom is 0.333 e. The molecule has 148 valence electrons. The van der Waals surface area contributed by atoms with Crippen molar-refractivity contribution in [3.8, 4) is 5.88 Å². The van der Waals surface area contributed by atoms with Gasteiger partial charge in [0.05, 0.1) is 11.8 Å². The number of fused-ring (bicyclic) bond motifs is 1. The molecule has 0 radical (unpaired) electrons. The van der Waals surface area contributed by atoms with Gasteiger partial charge in [0.2, 0.25) is 11.8 Å². The summed E-state index contributed by atoms with van der Waals surface area (Å²) in [7, 11) is 2.71. The Morgan fingerprint density at radius 3 is 2.45 bits per heavy atom. The second-order valence-corrected chi connectivity index (χ2v) is 7.14. The molecule has 0 saturated carbocycles. The maximum atomic E-state index is 12.6. The highest BCUT2D eigenvalue weighted by Crippen LogP contribution is 2.34. The number of nitrogens with zero attached hydrogens (tertiary/aromatic N) is 4. The Labute approximate surface area is 165 Å². The van der Waals surface area contributed by atoms with Crippen molar-refractivity contribution in [1.29, 1.82) is 0 Å². The van der Waals surface area contributed by atoms with Crippen LogP contribution < -0.4 is 11.2 Å². The normalized spacial score (nSPS) is 16.3. The summed E-state index contributed by atoms with van der Waals surface area (Å²) in [6.45, 7) is 1.40. The van der Waals surface area contributed by atoms with E-state index in [-0.39, 0.29) is 23.6 Å². The van der Waals surface area contributed by atoms with Gasteiger partial charge in [0.15, 0.2) is 0 Å². The summed E-state index contributed by atoms with van der Waals surface area (Å²) in [4.78, 5) is 36.9. The van der Waals surface area contributed by atoms with E-state index in [1.54, 1.807) is 0 Å². The van der Waals surface area contributed by atoms with Crippen LogP contribution >= 0.6 is 0 Å². The number of hydrogen-bond acceptors (Lipinski definition) is 5. The molecule has 8 nitrogen and oxygen atoms in total. The second-order valence-electron chi connectivity index (χ2n) is 7.14. The van der Waals surface area contributed by atoms with E-state index >= 15 is 0 Å². The zero-order valence-corrected chi connectivity index (χ0v) is 16.3. The van der Waals surface area contributed by atoms with Crippen molar-refractivity contribution in [2.24, 2.45) is 19.2 Å². The highest BCUT2D eigenvalue weighted by atomic mass is 16.3. The van der Waals surface area contributed by atoms with Gasteiger partial charge < -0.3 is 5.11 Å². The molecule has 1 atom stereocenters. The Balaban J connectivity index is 1.83. The molecule has 8 heteroatoms. The van der Waals surface area contributed by atoms with Gasteiger partial charge in [-0.15, -0.1) is 0 Å². The Morgan fingerprint density at radius 1 is 1.07 bits per heavy atom. The summed E-state index contributed by atoms with van der Waals surface area (Å²) < 4.78 is 1.90. The van der Waals surface area contributed by atoms with Crippen molar-refractivity contribution in [3.63, 3.8) is 0 Å². The highest BCUT2D eigenvalue weighted by Gasteiger charge is 2.34. The molecule has 1 aromatic heterocycles. The molecule has 1 N–H and O–H groups in total. The third-order valence-corrected chi connectivity index (χ3v) is 5.31. The first-order valence-electron chi connectivity index (χ1n) is 9.15. The minimum absolute atomic E-state index is 0.0656. The average molecular weight is 392 g/mol. The molecule has 3 aromatic rings. The summed E-state index contributed by atoms with van der Waals surface area (Å²) in [5.41, 5.74) is -0.202. The molecule has 2 aromatic carbocycles. The predicted molar refractivity (Wildman–Crippen MR) is 109 cm³/mol. The molecule has 0 saturated heterocycles. The van der Waals surface area contributed by atoms with Crippen LogP contribution in [0.5, 0.6) is 5.88 Å². The molecular formula is C21H20N4O4. The van der Waals surface area contributed by atoms with Crippen molar-refractivity contribution < 1.29 is 9.90 Å².